The van der Waals surface area contributed by atoms with Crippen LogP contribution in [0.25, 0.3) is 0 Å². The number of sulfone groups is 1. The van der Waals surface area contributed by atoms with Crippen LogP contribution in [0.2, 0.25) is 0 Å². The molecule has 1 amide bonds. The molecule has 0 aromatic heterocycles. The SMILES string of the molecule is CS(=O)(=O)c1c(F)cccc1C(=O)NC12CC(C(F)(F)F)(C1)C2. The highest BCUT2D eigenvalue weighted by Gasteiger charge is 2.79. The summed E-state index contributed by atoms with van der Waals surface area (Å²) in [5.74, 6) is -1.94. The number of benzene rings is 1. The standard InChI is InChI=1S/C14H13F4NO3S/c1-23(21,22)10-8(3-2-4-9(10)15)11(20)19-13-5-12(6-13,7-13)14(16,17)18/h2-4H,5-7H2,1H3,(H,19,20). The lowest BCUT2D eigenvalue weighted by atomic mass is 9.39. The molecule has 9 heteroatoms. The summed E-state index contributed by atoms with van der Waals surface area (Å²) in [4.78, 5) is 11.5. The molecule has 1 aromatic rings. The van der Waals surface area contributed by atoms with E-state index in [0.29, 0.717) is 0 Å². The van der Waals surface area contributed by atoms with Crippen LogP contribution in [-0.2, 0) is 9.84 Å². The number of carbonyl (C=O) groups excluding carboxylic acids is 1. The lowest BCUT2D eigenvalue weighted by Gasteiger charge is -2.70. The third-order valence-corrected chi connectivity index (χ3v) is 5.75. The summed E-state index contributed by atoms with van der Waals surface area (Å²) in [6, 6.07) is 3.23. The maximum atomic E-state index is 13.8. The second-order valence-corrected chi connectivity index (χ2v) is 8.38. The molecule has 3 saturated carbocycles. The summed E-state index contributed by atoms with van der Waals surface area (Å²) in [5, 5.41) is 2.44. The number of nitrogens with one attached hydrogen (secondary N) is 1. The average Bonchev–Trinajstić information content (AvgIpc) is 2.27. The van der Waals surface area contributed by atoms with Gasteiger partial charge in [-0.25, -0.2) is 12.8 Å². The van der Waals surface area contributed by atoms with Crippen LogP contribution in [0.1, 0.15) is 29.6 Å². The lowest BCUT2D eigenvalue weighted by Crippen LogP contribution is -2.78. The quantitative estimate of drug-likeness (QED) is 0.851. The van der Waals surface area contributed by atoms with Crippen molar-refractivity contribution >= 4 is 15.7 Å². The first kappa shape index (κ1) is 16.2. The van der Waals surface area contributed by atoms with E-state index in [-0.39, 0.29) is 19.3 Å². The van der Waals surface area contributed by atoms with Crippen LogP contribution in [0.3, 0.4) is 0 Å². The largest absolute Gasteiger partial charge is 0.394 e. The van der Waals surface area contributed by atoms with Gasteiger partial charge in [0.05, 0.1) is 11.0 Å². The topological polar surface area (TPSA) is 63.2 Å². The van der Waals surface area contributed by atoms with E-state index in [1.807, 2.05) is 0 Å². The molecular formula is C14H13F4NO3S. The second-order valence-electron chi connectivity index (χ2n) is 6.43. The van der Waals surface area contributed by atoms with Crippen LogP contribution in [0.15, 0.2) is 23.1 Å². The summed E-state index contributed by atoms with van der Waals surface area (Å²) in [5.41, 5.74) is -3.09. The summed E-state index contributed by atoms with van der Waals surface area (Å²) < 4.78 is 75.4. The first-order valence-electron chi connectivity index (χ1n) is 6.77. The smallest absolute Gasteiger partial charge is 0.346 e. The van der Waals surface area contributed by atoms with Gasteiger partial charge in [-0.1, -0.05) is 6.07 Å². The van der Waals surface area contributed by atoms with E-state index in [9.17, 15) is 30.8 Å². The Kier molecular flexibility index (Phi) is 3.15. The lowest BCUT2D eigenvalue weighted by molar-refractivity contribution is -0.336. The van der Waals surface area contributed by atoms with Gasteiger partial charge in [-0.2, -0.15) is 13.2 Å². The van der Waals surface area contributed by atoms with Gasteiger partial charge in [-0.3, -0.25) is 4.79 Å². The normalized spacial score (nSPS) is 29.4. The minimum atomic E-state index is -4.31. The molecule has 3 aliphatic carbocycles. The van der Waals surface area contributed by atoms with E-state index in [0.717, 1.165) is 18.4 Å². The zero-order chi connectivity index (χ0) is 17.3. The fourth-order valence-corrected chi connectivity index (χ4v) is 4.58. The van der Waals surface area contributed by atoms with Crippen LogP contribution < -0.4 is 5.32 Å². The predicted octanol–water partition coefficient (Wildman–Crippen LogP) is 2.44. The summed E-state index contributed by atoms with van der Waals surface area (Å²) in [7, 11) is -3.99. The minimum Gasteiger partial charge on any atom is -0.346 e. The van der Waals surface area contributed by atoms with E-state index >= 15 is 0 Å². The summed E-state index contributed by atoms with van der Waals surface area (Å²) in [6.45, 7) is 0. The molecule has 0 atom stereocenters. The maximum Gasteiger partial charge on any atom is 0.394 e. The van der Waals surface area contributed by atoms with Crippen molar-refractivity contribution in [2.24, 2.45) is 5.41 Å². The zero-order valence-corrected chi connectivity index (χ0v) is 12.8. The van der Waals surface area contributed by atoms with Crippen LogP contribution in [0.5, 0.6) is 0 Å². The van der Waals surface area contributed by atoms with Crippen molar-refractivity contribution in [3.63, 3.8) is 0 Å². The highest BCUT2D eigenvalue weighted by molar-refractivity contribution is 7.90. The van der Waals surface area contributed by atoms with Gasteiger partial charge < -0.3 is 5.32 Å². The number of amides is 1. The third-order valence-electron chi connectivity index (χ3n) is 4.59. The Morgan fingerprint density at radius 3 is 2.26 bits per heavy atom. The van der Waals surface area contributed by atoms with Gasteiger partial charge >= 0.3 is 6.18 Å². The van der Waals surface area contributed by atoms with Crippen molar-refractivity contribution in [3.05, 3.63) is 29.6 Å². The molecule has 23 heavy (non-hydrogen) atoms. The average molecular weight is 351 g/mol. The van der Waals surface area contributed by atoms with E-state index in [2.05, 4.69) is 5.32 Å². The molecule has 126 valence electrons. The Labute approximate surface area is 129 Å². The minimum absolute atomic E-state index is 0.223. The monoisotopic (exact) mass is 351 g/mol. The van der Waals surface area contributed by atoms with Crippen molar-refractivity contribution in [2.45, 2.75) is 35.9 Å². The van der Waals surface area contributed by atoms with Crippen LogP contribution in [0, 0.1) is 11.2 Å². The fourth-order valence-electron chi connectivity index (χ4n) is 3.59. The molecule has 0 radical (unpaired) electrons. The summed E-state index contributed by atoms with van der Waals surface area (Å²) >= 11 is 0. The molecule has 4 nitrogen and oxygen atoms in total. The Balaban J connectivity index is 1.82. The molecule has 1 aromatic carbocycles. The highest BCUT2D eigenvalue weighted by atomic mass is 32.2. The van der Waals surface area contributed by atoms with Crippen molar-refractivity contribution in [3.8, 4) is 0 Å². The molecule has 0 heterocycles. The number of halogens is 4. The van der Waals surface area contributed by atoms with E-state index in [4.69, 9.17) is 0 Å². The molecule has 0 aliphatic heterocycles. The van der Waals surface area contributed by atoms with Gasteiger partial charge in [-0.15, -0.1) is 0 Å². The molecular weight excluding hydrogens is 338 g/mol. The van der Waals surface area contributed by atoms with Crippen molar-refractivity contribution in [1.29, 1.82) is 0 Å². The van der Waals surface area contributed by atoms with Gasteiger partial charge in [0.1, 0.15) is 10.7 Å². The molecule has 2 bridgehead atoms. The molecule has 0 unspecified atom stereocenters. The molecule has 3 fully saturated rings. The molecule has 0 saturated heterocycles. The van der Waals surface area contributed by atoms with Crippen LogP contribution >= 0.6 is 0 Å². The predicted molar refractivity (Wildman–Crippen MR) is 72.0 cm³/mol. The van der Waals surface area contributed by atoms with Gasteiger partial charge in [0.25, 0.3) is 5.91 Å². The van der Waals surface area contributed by atoms with E-state index in [1.165, 1.54) is 6.07 Å². The number of hydrogen-bond acceptors (Lipinski definition) is 3. The Morgan fingerprint density at radius 2 is 1.78 bits per heavy atom. The first-order chi connectivity index (χ1) is 10.4. The first-order valence-corrected chi connectivity index (χ1v) is 8.66. The molecule has 0 spiro atoms. The molecule has 1 N–H and O–H groups in total. The van der Waals surface area contributed by atoms with Gasteiger partial charge in [-0.05, 0) is 31.4 Å². The van der Waals surface area contributed by atoms with E-state index in [1.54, 1.807) is 0 Å². The number of rotatable bonds is 3. The number of alkyl halides is 3. The van der Waals surface area contributed by atoms with Gasteiger partial charge in [0.15, 0.2) is 9.84 Å². The van der Waals surface area contributed by atoms with Crippen LogP contribution in [-0.4, -0.2) is 32.3 Å². The second kappa shape index (κ2) is 4.46. The summed E-state index contributed by atoms with van der Waals surface area (Å²) in [6.07, 6.45) is -4.21. The van der Waals surface area contributed by atoms with Crippen molar-refractivity contribution in [2.75, 3.05) is 6.26 Å². The van der Waals surface area contributed by atoms with Gasteiger partial charge in [0, 0.05) is 11.8 Å². The van der Waals surface area contributed by atoms with Crippen molar-refractivity contribution < 1.29 is 30.8 Å². The number of carbonyl (C=O) groups is 1. The Hall–Kier alpha value is -1.64. The van der Waals surface area contributed by atoms with Gasteiger partial charge in [0.2, 0.25) is 0 Å². The molecule has 4 rings (SSSR count). The fraction of sp³-hybridized carbons (Fsp3) is 0.500. The van der Waals surface area contributed by atoms with Crippen molar-refractivity contribution in [1.82, 2.24) is 5.32 Å². The van der Waals surface area contributed by atoms with Crippen LogP contribution in [0.4, 0.5) is 17.6 Å². The molecule has 3 aliphatic rings. The number of hydrogen-bond donors (Lipinski definition) is 1. The van der Waals surface area contributed by atoms with E-state index < -0.39 is 49.2 Å². The maximum absolute atomic E-state index is 13.8. The zero-order valence-electron chi connectivity index (χ0n) is 12.0. The third kappa shape index (κ3) is 2.32. The Bertz CT molecular complexity index is 781. The Morgan fingerprint density at radius 1 is 1.22 bits per heavy atom. The highest BCUT2D eigenvalue weighted by Crippen LogP contribution is 2.73.